The van der Waals surface area contributed by atoms with E-state index in [1.807, 2.05) is 6.92 Å². The minimum Gasteiger partial charge on any atom is -0.336 e. The van der Waals surface area contributed by atoms with Crippen molar-refractivity contribution in [3.8, 4) is 0 Å². The van der Waals surface area contributed by atoms with Gasteiger partial charge in [0.1, 0.15) is 11.5 Å². The van der Waals surface area contributed by atoms with Gasteiger partial charge in [-0.05, 0) is 43.5 Å². The third-order valence-electron chi connectivity index (χ3n) is 5.11. The fourth-order valence-corrected chi connectivity index (χ4v) is 3.63. The zero-order valence-electron chi connectivity index (χ0n) is 14.4. The molecule has 1 aromatic heterocycles. The summed E-state index contributed by atoms with van der Waals surface area (Å²) in [4.78, 5) is 36.6. The average molecular weight is 354 g/mol. The minimum absolute atomic E-state index is 0.00625. The van der Waals surface area contributed by atoms with Crippen LogP contribution in [0.1, 0.15) is 29.4 Å². The summed E-state index contributed by atoms with van der Waals surface area (Å²) in [6.07, 6.45) is 5.98. The SMILES string of the molecule is CC1CCc2cc(F)ccc2N1C(=O)C1CN(C(=O)c2cnccn2)C1. The summed E-state index contributed by atoms with van der Waals surface area (Å²) in [7, 11) is 0. The quantitative estimate of drug-likeness (QED) is 0.828. The molecule has 2 amide bonds. The average Bonchev–Trinajstić information content (AvgIpc) is 2.61. The predicted octanol–water partition coefficient (Wildman–Crippen LogP) is 2.06. The van der Waals surface area contributed by atoms with Gasteiger partial charge in [0.25, 0.3) is 5.91 Å². The summed E-state index contributed by atoms with van der Waals surface area (Å²) in [5.74, 6) is -0.742. The first-order chi connectivity index (χ1) is 12.5. The number of fused-ring (bicyclic) bond motifs is 1. The molecule has 0 radical (unpaired) electrons. The zero-order valence-corrected chi connectivity index (χ0v) is 14.4. The van der Waals surface area contributed by atoms with Crippen molar-refractivity contribution in [2.75, 3.05) is 18.0 Å². The van der Waals surface area contributed by atoms with Crippen molar-refractivity contribution in [3.63, 3.8) is 0 Å². The third-order valence-corrected chi connectivity index (χ3v) is 5.11. The van der Waals surface area contributed by atoms with E-state index in [1.165, 1.54) is 30.7 Å². The molecule has 0 bridgehead atoms. The summed E-state index contributed by atoms with van der Waals surface area (Å²) in [5.41, 5.74) is 1.93. The number of aromatic nitrogens is 2. The maximum atomic E-state index is 13.5. The molecule has 1 saturated heterocycles. The highest BCUT2D eigenvalue weighted by Crippen LogP contribution is 2.34. The van der Waals surface area contributed by atoms with Crippen LogP contribution in [0.4, 0.5) is 10.1 Å². The van der Waals surface area contributed by atoms with Crippen LogP contribution in [0.3, 0.4) is 0 Å². The van der Waals surface area contributed by atoms with E-state index in [0.717, 1.165) is 24.1 Å². The van der Waals surface area contributed by atoms with Gasteiger partial charge in [-0.25, -0.2) is 9.37 Å². The van der Waals surface area contributed by atoms with Crippen LogP contribution in [-0.2, 0) is 11.2 Å². The lowest BCUT2D eigenvalue weighted by Gasteiger charge is -2.43. The number of amides is 2. The monoisotopic (exact) mass is 354 g/mol. The van der Waals surface area contributed by atoms with Gasteiger partial charge in [-0.3, -0.25) is 14.6 Å². The van der Waals surface area contributed by atoms with Gasteiger partial charge in [0.05, 0.1) is 12.1 Å². The first-order valence-electron chi connectivity index (χ1n) is 8.71. The molecule has 0 aliphatic carbocycles. The van der Waals surface area contributed by atoms with Crippen molar-refractivity contribution in [3.05, 3.63) is 53.9 Å². The molecule has 7 heteroatoms. The minimum atomic E-state index is -0.282. The Labute approximate surface area is 150 Å². The summed E-state index contributed by atoms with van der Waals surface area (Å²) < 4.78 is 13.5. The number of carbonyl (C=O) groups excluding carboxylic acids is 2. The normalized spacial score (nSPS) is 19.7. The van der Waals surface area contributed by atoms with E-state index in [0.29, 0.717) is 13.1 Å². The number of hydrogen-bond donors (Lipinski definition) is 0. The first-order valence-corrected chi connectivity index (χ1v) is 8.71. The number of halogens is 1. The largest absolute Gasteiger partial charge is 0.336 e. The van der Waals surface area contributed by atoms with Crippen molar-refractivity contribution >= 4 is 17.5 Å². The number of nitrogens with zero attached hydrogens (tertiary/aromatic N) is 4. The lowest BCUT2D eigenvalue weighted by molar-refractivity contribution is -0.126. The van der Waals surface area contributed by atoms with Crippen molar-refractivity contribution < 1.29 is 14.0 Å². The molecule has 4 rings (SSSR count). The van der Waals surface area contributed by atoms with Crippen LogP contribution >= 0.6 is 0 Å². The molecule has 1 atom stereocenters. The Morgan fingerprint density at radius 3 is 2.77 bits per heavy atom. The molecule has 2 aliphatic rings. The molecule has 134 valence electrons. The fourth-order valence-electron chi connectivity index (χ4n) is 3.63. The fraction of sp³-hybridized carbons (Fsp3) is 0.368. The standard InChI is InChI=1S/C19H19FN4O2/c1-12-2-3-13-8-15(20)4-5-17(13)24(12)18(25)14-10-23(11-14)19(26)16-9-21-6-7-22-16/h4-9,12,14H,2-3,10-11H2,1H3. The second-order valence-corrected chi connectivity index (χ2v) is 6.87. The maximum Gasteiger partial charge on any atom is 0.274 e. The molecular formula is C19H19FN4O2. The zero-order chi connectivity index (χ0) is 18.3. The molecule has 1 aromatic carbocycles. The molecule has 3 heterocycles. The Bertz CT molecular complexity index is 852. The van der Waals surface area contributed by atoms with Crippen LogP contribution in [0.25, 0.3) is 0 Å². The van der Waals surface area contributed by atoms with E-state index in [9.17, 15) is 14.0 Å². The van der Waals surface area contributed by atoms with Crippen LogP contribution in [0.2, 0.25) is 0 Å². The van der Waals surface area contributed by atoms with E-state index in [2.05, 4.69) is 9.97 Å². The van der Waals surface area contributed by atoms with Gasteiger partial charge in [-0.15, -0.1) is 0 Å². The molecule has 0 saturated carbocycles. The van der Waals surface area contributed by atoms with Gasteiger partial charge in [0.2, 0.25) is 5.91 Å². The second-order valence-electron chi connectivity index (χ2n) is 6.87. The van der Waals surface area contributed by atoms with Crippen LogP contribution in [0.5, 0.6) is 0 Å². The number of carbonyl (C=O) groups is 2. The molecule has 2 aliphatic heterocycles. The topological polar surface area (TPSA) is 66.4 Å². The Kier molecular flexibility index (Phi) is 4.14. The lowest BCUT2D eigenvalue weighted by Crippen LogP contribution is -2.58. The Balaban J connectivity index is 1.47. The van der Waals surface area contributed by atoms with Crippen LogP contribution in [0.15, 0.2) is 36.8 Å². The van der Waals surface area contributed by atoms with Gasteiger partial charge >= 0.3 is 0 Å². The number of likely N-dealkylation sites (tertiary alicyclic amines) is 1. The van der Waals surface area contributed by atoms with Crippen molar-refractivity contribution in [1.29, 1.82) is 0 Å². The van der Waals surface area contributed by atoms with Crippen molar-refractivity contribution in [2.24, 2.45) is 5.92 Å². The summed E-state index contributed by atoms with van der Waals surface area (Å²) >= 11 is 0. The summed E-state index contributed by atoms with van der Waals surface area (Å²) in [6.45, 7) is 2.74. The van der Waals surface area contributed by atoms with Crippen LogP contribution < -0.4 is 4.90 Å². The highest BCUT2D eigenvalue weighted by atomic mass is 19.1. The molecule has 1 fully saturated rings. The highest BCUT2D eigenvalue weighted by molar-refractivity contribution is 6.00. The molecular weight excluding hydrogens is 335 g/mol. The molecule has 0 spiro atoms. The third kappa shape index (κ3) is 2.83. The van der Waals surface area contributed by atoms with Gasteiger partial charge in [0, 0.05) is 37.2 Å². The van der Waals surface area contributed by atoms with Crippen LogP contribution in [-0.4, -0.2) is 45.8 Å². The van der Waals surface area contributed by atoms with Crippen LogP contribution in [0, 0.1) is 11.7 Å². The van der Waals surface area contributed by atoms with E-state index in [4.69, 9.17) is 0 Å². The van der Waals surface area contributed by atoms with Gasteiger partial charge in [-0.1, -0.05) is 0 Å². The van der Waals surface area contributed by atoms with E-state index < -0.39 is 0 Å². The predicted molar refractivity (Wildman–Crippen MR) is 93.1 cm³/mol. The lowest BCUT2D eigenvalue weighted by atomic mass is 9.92. The number of benzene rings is 1. The van der Waals surface area contributed by atoms with E-state index >= 15 is 0 Å². The summed E-state index contributed by atoms with van der Waals surface area (Å²) in [5, 5.41) is 0. The molecule has 1 unspecified atom stereocenters. The summed E-state index contributed by atoms with van der Waals surface area (Å²) in [6, 6.07) is 4.64. The maximum absolute atomic E-state index is 13.5. The molecule has 2 aromatic rings. The number of aryl methyl sites for hydroxylation is 1. The van der Waals surface area contributed by atoms with E-state index in [1.54, 1.807) is 15.9 Å². The Hall–Kier alpha value is -2.83. The number of hydrogen-bond acceptors (Lipinski definition) is 4. The molecule has 0 N–H and O–H groups in total. The first kappa shape index (κ1) is 16.6. The van der Waals surface area contributed by atoms with Crippen molar-refractivity contribution in [1.82, 2.24) is 14.9 Å². The number of rotatable bonds is 2. The number of anilines is 1. The Morgan fingerprint density at radius 2 is 2.04 bits per heavy atom. The van der Waals surface area contributed by atoms with Gasteiger partial charge < -0.3 is 9.80 Å². The van der Waals surface area contributed by atoms with Crippen molar-refractivity contribution in [2.45, 2.75) is 25.8 Å². The Morgan fingerprint density at radius 1 is 1.23 bits per heavy atom. The molecule has 6 nitrogen and oxygen atoms in total. The van der Waals surface area contributed by atoms with Gasteiger partial charge in [-0.2, -0.15) is 0 Å². The smallest absolute Gasteiger partial charge is 0.274 e. The molecule has 26 heavy (non-hydrogen) atoms. The second kappa shape index (κ2) is 6.48. The highest BCUT2D eigenvalue weighted by Gasteiger charge is 2.41. The van der Waals surface area contributed by atoms with Gasteiger partial charge in [0.15, 0.2) is 0 Å². The van der Waals surface area contributed by atoms with E-state index in [-0.39, 0.29) is 35.3 Å².